The fourth-order valence-electron chi connectivity index (χ4n) is 1.03. The molecule has 0 saturated heterocycles. The highest BCUT2D eigenvalue weighted by molar-refractivity contribution is 7.09. The van der Waals surface area contributed by atoms with Crippen molar-refractivity contribution in [3.05, 3.63) is 32.3 Å². The maximum atomic E-state index is 3.99. The van der Waals surface area contributed by atoms with Gasteiger partial charge in [0.05, 0.1) is 0 Å². The molecule has 0 unspecified atom stereocenters. The van der Waals surface area contributed by atoms with Gasteiger partial charge < -0.3 is 0 Å². The minimum absolute atomic E-state index is 1.16. The zero-order valence-corrected chi connectivity index (χ0v) is 8.66. The Balaban J connectivity index is 3.28. The summed E-state index contributed by atoms with van der Waals surface area (Å²) in [5, 5.41) is 1.26. The van der Waals surface area contributed by atoms with E-state index in [2.05, 4.69) is 38.6 Å². The summed E-state index contributed by atoms with van der Waals surface area (Å²) in [5.74, 6) is 0. The molecule has 0 spiro atoms. The normalized spacial score (nSPS) is 13.9. The van der Waals surface area contributed by atoms with E-state index in [4.69, 9.17) is 0 Å². The molecular weight excluding hydrogens is 164 g/mol. The highest BCUT2D eigenvalue weighted by atomic mass is 32.1. The van der Waals surface area contributed by atoms with Crippen molar-refractivity contribution in [3.63, 3.8) is 0 Å². The molecule has 0 aliphatic carbocycles. The van der Waals surface area contributed by atoms with E-state index in [0.29, 0.717) is 0 Å². The first-order valence-electron chi connectivity index (χ1n) is 4.03. The van der Waals surface area contributed by atoms with Gasteiger partial charge in [-0.05, 0) is 32.1 Å². The molecule has 1 rings (SSSR count). The van der Waals surface area contributed by atoms with E-state index in [1.54, 1.807) is 11.3 Å². The molecule has 0 saturated carbocycles. The maximum Gasteiger partial charge on any atom is 0.0273 e. The molecule has 64 valence electrons. The van der Waals surface area contributed by atoms with Gasteiger partial charge in [0.25, 0.3) is 0 Å². The van der Waals surface area contributed by atoms with Crippen molar-refractivity contribution >= 4 is 24.0 Å². The first-order valence-corrected chi connectivity index (χ1v) is 4.85. The molecule has 0 N–H and O–H groups in total. The highest BCUT2D eigenvalue weighted by Crippen LogP contribution is 1.97. The van der Waals surface area contributed by atoms with Gasteiger partial charge in [0.2, 0.25) is 0 Å². The molecule has 1 heterocycles. The topological polar surface area (TPSA) is 0 Å². The van der Waals surface area contributed by atoms with Gasteiger partial charge in [0.1, 0.15) is 0 Å². The zero-order chi connectivity index (χ0) is 9.14. The van der Waals surface area contributed by atoms with Crippen molar-refractivity contribution in [2.24, 2.45) is 0 Å². The van der Waals surface area contributed by atoms with Crippen molar-refractivity contribution in [3.8, 4) is 0 Å². The Labute approximate surface area is 77.6 Å². The molecule has 0 radical (unpaired) electrons. The van der Waals surface area contributed by atoms with E-state index in [-0.39, 0.29) is 0 Å². The zero-order valence-electron chi connectivity index (χ0n) is 7.85. The van der Waals surface area contributed by atoms with Crippen LogP contribution in [0.2, 0.25) is 0 Å². The highest BCUT2D eigenvalue weighted by Gasteiger charge is 1.89. The summed E-state index contributed by atoms with van der Waals surface area (Å²) in [6.07, 6.45) is 4.28. The van der Waals surface area contributed by atoms with Crippen LogP contribution in [-0.4, -0.2) is 0 Å². The second-order valence-electron chi connectivity index (χ2n) is 2.91. The van der Waals surface area contributed by atoms with Crippen LogP contribution >= 0.6 is 11.3 Å². The van der Waals surface area contributed by atoms with E-state index in [1.165, 1.54) is 15.7 Å². The summed E-state index contributed by atoms with van der Waals surface area (Å²) in [6.45, 7) is 10.3. The summed E-state index contributed by atoms with van der Waals surface area (Å²) in [4.78, 5) is 1.33. The quantitative estimate of drug-likeness (QED) is 0.618. The lowest BCUT2D eigenvalue weighted by Crippen LogP contribution is -2.15. The van der Waals surface area contributed by atoms with Crippen LogP contribution in [0.4, 0.5) is 0 Å². The molecule has 1 aromatic rings. The molecule has 0 aliphatic heterocycles. The van der Waals surface area contributed by atoms with Crippen molar-refractivity contribution in [2.75, 3.05) is 0 Å². The van der Waals surface area contributed by atoms with E-state index in [1.807, 2.05) is 6.92 Å². The number of thiophene rings is 1. The van der Waals surface area contributed by atoms with Gasteiger partial charge in [-0.3, -0.25) is 0 Å². The van der Waals surface area contributed by atoms with Gasteiger partial charge in [-0.2, -0.15) is 0 Å². The Morgan fingerprint density at radius 2 is 2.25 bits per heavy atom. The number of allylic oxidation sites excluding steroid dienone is 2. The predicted molar refractivity (Wildman–Crippen MR) is 57.7 cm³/mol. The molecule has 0 aromatic carbocycles. The molecule has 0 fully saturated rings. The number of aryl methyl sites for hydroxylation is 1. The van der Waals surface area contributed by atoms with E-state index in [9.17, 15) is 0 Å². The fraction of sp³-hybridized carbons (Fsp3) is 0.273. The first-order chi connectivity index (χ1) is 5.63. The number of rotatable bonds is 1. The van der Waals surface area contributed by atoms with E-state index < -0.39 is 0 Å². The third-order valence-electron chi connectivity index (χ3n) is 1.80. The largest absolute Gasteiger partial charge is 0.141 e. The molecule has 0 atom stereocenters. The lowest BCUT2D eigenvalue weighted by atomic mass is 10.2. The summed E-state index contributed by atoms with van der Waals surface area (Å²) in [7, 11) is 0. The third kappa shape index (κ3) is 2.08. The Hall–Kier alpha value is -0.820. The second kappa shape index (κ2) is 3.72. The summed E-state index contributed by atoms with van der Waals surface area (Å²) >= 11 is 1.75. The van der Waals surface area contributed by atoms with Crippen LogP contribution in [0.3, 0.4) is 0 Å². The second-order valence-corrected chi connectivity index (χ2v) is 4.25. The van der Waals surface area contributed by atoms with Crippen molar-refractivity contribution < 1.29 is 0 Å². The van der Waals surface area contributed by atoms with E-state index in [0.717, 1.165) is 4.53 Å². The smallest absolute Gasteiger partial charge is 0.0273 e. The predicted octanol–water partition coefficient (Wildman–Crippen LogP) is 2.21. The minimum atomic E-state index is 1.16. The fourth-order valence-corrected chi connectivity index (χ4v) is 1.84. The molecule has 1 heteroatoms. The summed E-state index contributed by atoms with van der Waals surface area (Å²) in [6, 6.07) is 2.18. The van der Waals surface area contributed by atoms with Crippen LogP contribution in [0.5, 0.6) is 0 Å². The van der Waals surface area contributed by atoms with Gasteiger partial charge in [0, 0.05) is 9.41 Å². The Bertz CT molecular complexity index is 393. The lowest BCUT2D eigenvalue weighted by molar-refractivity contribution is 1.51. The number of hydrogen-bond donors (Lipinski definition) is 0. The average molecular weight is 178 g/mol. The van der Waals surface area contributed by atoms with Crippen LogP contribution in [0, 0.1) is 6.92 Å². The standard InChI is InChI=1S/C11H14S/c1-5-8(2)6-11-7-9(3)12-10(11)4/h5-7H,4H2,1-3H3/b8-5+,11-6-. The van der Waals surface area contributed by atoms with Gasteiger partial charge in [0.15, 0.2) is 0 Å². The lowest BCUT2D eigenvalue weighted by Gasteiger charge is -1.84. The minimum Gasteiger partial charge on any atom is -0.141 e. The molecule has 0 bridgehead atoms. The van der Waals surface area contributed by atoms with Gasteiger partial charge >= 0.3 is 0 Å². The molecule has 0 nitrogen and oxygen atoms in total. The summed E-state index contributed by atoms with van der Waals surface area (Å²) < 4.78 is 1.16. The maximum absolute atomic E-state index is 3.99. The van der Waals surface area contributed by atoms with Crippen LogP contribution < -0.4 is 9.75 Å². The first kappa shape index (κ1) is 9.27. The molecule has 1 aromatic heterocycles. The Kier molecular flexibility index (Phi) is 2.88. The van der Waals surface area contributed by atoms with E-state index >= 15 is 0 Å². The molecule has 0 amide bonds. The molecular formula is C11H14S. The monoisotopic (exact) mass is 178 g/mol. The Morgan fingerprint density at radius 3 is 2.67 bits per heavy atom. The van der Waals surface area contributed by atoms with Crippen molar-refractivity contribution in [1.29, 1.82) is 0 Å². The SMILES string of the molecule is C=c1sc(C)c/c1=C/C(C)=C/C. The van der Waals surface area contributed by atoms with Crippen molar-refractivity contribution in [1.82, 2.24) is 0 Å². The summed E-state index contributed by atoms with van der Waals surface area (Å²) in [5.41, 5.74) is 1.29. The van der Waals surface area contributed by atoms with Crippen LogP contribution in [0.25, 0.3) is 12.7 Å². The van der Waals surface area contributed by atoms with Gasteiger partial charge in [-0.25, -0.2) is 0 Å². The average Bonchev–Trinajstić information content (AvgIpc) is 2.30. The van der Waals surface area contributed by atoms with Crippen LogP contribution in [0.15, 0.2) is 17.7 Å². The molecule has 0 aliphatic rings. The van der Waals surface area contributed by atoms with Gasteiger partial charge in [-0.1, -0.05) is 24.3 Å². The van der Waals surface area contributed by atoms with Gasteiger partial charge in [-0.15, -0.1) is 11.3 Å². The number of hydrogen-bond acceptors (Lipinski definition) is 1. The van der Waals surface area contributed by atoms with Crippen molar-refractivity contribution in [2.45, 2.75) is 20.8 Å². The molecule has 12 heavy (non-hydrogen) atoms. The third-order valence-corrected chi connectivity index (χ3v) is 2.73. The van der Waals surface area contributed by atoms with Crippen LogP contribution in [0.1, 0.15) is 18.7 Å². The van der Waals surface area contributed by atoms with Crippen LogP contribution in [-0.2, 0) is 0 Å². The Morgan fingerprint density at radius 1 is 1.58 bits per heavy atom.